The van der Waals surface area contributed by atoms with Gasteiger partial charge in [0.05, 0.1) is 15.1 Å². The van der Waals surface area contributed by atoms with Gasteiger partial charge in [-0.2, -0.15) is 0 Å². The molecule has 116 valence electrons. The van der Waals surface area contributed by atoms with Crippen LogP contribution in [0.4, 0.5) is 0 Å². The number of ether oxygens (including phenoxy) is 1. The highest BCUT2D eigenvalue weighted by Crippen LogP contribution is 2.33. The Morgan fingerprint density at radius 3 is 2.36 bits per heavy atom. The van der Waals surface area contributed by atoms with E-state index in [4.69, 9.17) is 51.1 Å². The zero-order valence-corrected chi connectivity index (χ0v) is 14.2. The number of rotatable bonds is 5. The van der Waals surface area contributed by atoms with Crippen LogP contribution in [-0.4, -0.2) is 12.5 Å². The Morgan fingerprint density at radius 1 is 0.955 bits per heavy atom. The molecule has 0 spiro atoms. The molecule has 22 heavy (non-hydrogen) atoms. The second kappa shape index (κ2) is 7.93. The van der Waals surface area contributed by atoms with Crippen LogP contribution in [-0.2, 0) is 11.3 Å². The van der Waals surface area contributed by atoms with Gasteiger partial charge in [0, 0.05) is 17.6 Å². The lowest BCUT2D eigenvalue weighted by atomic mass is 10.2. The molecule has 0 aliphatic rings. The summed E-state index contributed by atoms with van der Waals surface area (Å²) in [7, 11) is 0. The molecular formula is C15H11Cl4NO2. The largest absolute Gasteiger partial charge is 0.482 e. The smallest absolute Gasteiger partial charge is 0.258 e. The van der Waals surface area contributed by atoms with E-state index in [9.17, 15) is 4.79 Å². The summed E-state index contributed by atoms with van der Waals surface area (Å²) in [5.74, 6) is -0.00832. The average molecular weight is 379 g/mol. The predicted molar refractivity (Wildman–Crippen MR) is 90.3 cm³/mol. The normalized spacial score (nSPS) is 10.4. The molecule has 0 aromatic heterocycles. The van der Waals surface area contributed by atoms with E-state index in [0.717, 1.165) is 5.56 Å². The van der Waals surface area contributed by atoms with Gasteiger partial charge in [0.25, 0.3) is 5.91 Å². The van der Waals surface area contributed by atoms with Gasteiger partial charge in [-0.3, -0.25) is 4.79 Å². The fourth-order valence-corrected chi connectivity index (χ4v) is 2.44. The van der Waals surface area contributed by atoms with Crippen molar-refractivity contribution in [3.63, 3.8) is 0 Å². The van der Waals surface area contributed by atoms with Crippen LogP contribution in [0.5, 0.6) is 5.75 Å². The quantitative estimate of drug-likeness (QED) is 0.743. The first kappa shape index (κ1) is 17.2. The highest BCUT2D eigenvalue weighted by molar-refractivity contribution is 6.43. The van der Waals surface area contributed by atoms with Gasteiger partial charge < -0.3 is 10.1 Å². The Kier molecular flexibility index (Phi) is 6.21. The molecule has 0 heterocycles. The molecule has 0 saturated carbocycles. The summed E-state index contributed by atoms with van der Waals surface area (Å²) < 4.78 is 5.33. The maximum atomic E-state index is 11.8. The molecule has 1 amide bonds. The van der Waals surface area contributed by atoms with Gasteiger partial charge >= 0.3 is 0 Å². The van der Waals surface area contributed by atoms with E-state index in [-0.39, 0.29) is 17.5 Å². The van der Waals surface area contributed by atoms with Crippen molar-refractivity contribution < 1.29 is 9.53 Å². The number of carbonyl (C=O) groups excluding carboxylic acids is 1. The number of amides is 1. The Bertz CT molecular complexity index is 691. The van der Waals surface area contributed by atoms with Crippen molar-refractivity contribution in [1.29, 1.82) is 0 Å². The fourth-order valence-electron chi connectivity index (χ4n) is 1.64. The topological polar surface area (TPSA) is 38.3 Å². The fraction of sp³-hybridized carbons (Fsp3) is 0.133. The third kappa shape index (κ3) is 4.68. The van der Waals surface area contributed by atoms with Crippen molar-refractivity contribution in [2.45, 2.75) is 6.54 Å². The summed E-state index contributed by atoms with van der Waals surface area (Å²) in [6.07, 6.45) is 0. The summed E-state index contributed by atoms with van der Waals surface area (Å²) in [6, 6.07) is 10.2. The molecule has 0 fully saturated rings. The first-order valence-electron chi connectivity index (χ1n) is 6.25. The van der Waals surface area contributed by atoms with E-state index < -0.39 is 0 Å². The van der Waals surface area contributed by atoms with Crippen LogP contribution < -0.4 is 10.1 Å². The third-order valence-electron chi connectivity index (χ3n) is 2.77. The van der Waals surface area contributed by atoms with Gasteiger partial charge in [-0.05, 0) is 17.7 Å². The van der Waals surface area contributed by atoms with Crippen molar-refractivity contribution in [3.05, 3.63) is 62.1 Å². The minimum absolute atomic E-state index is 0.192. The minimum Gasteiger partial charge on any atom is -0.482 e. The average Bonchev–Trinajstić information content (AvgIpc) is 2.49. The van der Waals surface area contributed by atoms with Gasteiger partial charge in [0.2, 0.25) is 0 Å². The van der Waals surface area contributed by atoms with Crippen LogP contribution in [0.3, 0.4) is 0 Å². The van der Waals surface area contributed by atoms with E-state index in [2.05, 4.69) is 5.32 Å². The van der Waals surface area contributed by atoms with Crippen LogP contribution in [0.25, 0.3) is 0 Å². The Labute approximate surface area is 148 Å². The van der Waals surface area contributed by atoms with Crippen molar-refractivity contribution in [2.24, 2.45) is 0 Å². The van der Waals surface area contributed by atoms with Crippen LogP contribution >= 0.6 is 46.4 Å². The lowest BCUT2D eigenvalue weighted by Crippen LogP contribution is -2.28. The SMILES string of the molecule is O=C(COc1cc(Cl)c(Cl)cc1Cl)NCc1ccccc1Cl. The maximum Gasteiger partial charge on any atom is 0.258 e. The van der Waals surface area contributed by atoms with Crippen molar-refractivity contribution in [2.75, 3.05) is 6.61 Å². The standard InChI is InChI=1S/C15H11Cl4NO2/c16-10-4-2-1-3-9(10)7-20-15(21)8-22-14-6-12(18)11(17)5-13(14)19/h1-6H,7-8H2,(H,20,21). The van der Waals surface area contributed by atoms with Gasteiger partial charge in [0.1, 0.15) is 5.75 Å². The molecule has 2 aromatic carbocycles. The van der Waals surface area contributed by atoms with Crippen LogP contribution in [0.1, 0.15) is 5.56 Å². The minimum atomic E-state index is -0.304. The Balaban J connectivity index is 1.88. The second-order valence-electron chi connectivity index (χ2n) is 4.35. The molecule has 0 bridgehead atoms. The van der Waals surface area contributed by atoms with Crippen LogP contribution in [0.15, 0.2) is 36.4 Å². The summed E-state index contributed by atoms with van der Waals surface area (Å²) in [5.41, 5.74) is 0.824. The highest BCUT2D eigenvalue weighted by Gasteiger charge is 2.10. The number of carbonyl (C=O) groups is 1. The molecule has 7 heteroatoms. The predicted octanol–water partition coefficient (Wildman–Crippen LogP) is 5.00. The summed E-state index contributed by atoms with van der Waals surface area (Å²) in [5, 5.41) is 4.21. The molecule has 0 radical (unpaired) electrons. The Hall–Kier alpha value is -1.13. The molecule has 0 aliphatic carbocycles. The van der Waals surface area contributed by atoms with Crippen LogP contribution in [0, 0.1) is 0 Å². The number of nitrogens with one attached hydrogen (secondary N) is 1. The molecule has 1 N–H and O–H groups in total. The molecule has 0 aliphatic heterocycles. The van der Waals surface area contributed by atoms with Crippen molar-refractivity contribution >= 4 is 52.3 Å². The molecule has 0 unspecified atom stereocenters. The molecule has 0 atom stereocenters. The number of halogens is 4. The second-order valence-corrected chi connectivity index (χ2v) is 5.98. The van der Waals surface area contributed by atoms with E-state index >= 15 is 0 Å². The zero-order chi connectivity index (χ0) is 16.1. The number of hydrogen-bond acceptors (Lipinski definition) is 2. The van der Waals surface area contributed by atoms with Gasteiger partial charge in [0.15, 0.2) is 6.61 Å². The van der Waals surface area contributed by atoms with Gasteiger partial charge in [-0.15, -0.1) is 0 Å². The lowest BCUT2D eigenvalue weighted by Gasteiger charge is -2.10. The molecule has 3 nitrogen and oxygen atoms in total. The molecule has 2 rings (SSSR count). The van der Waals surface area contributed by atoms with Crippen molar-refractivity contribution in [3.8, 4) is 5.75 Å². The maximum absolute atomic E-state index is 11.8. The molecular weight excluding hydrogens is 368 g/mol. The highest BCUT2D eigenvalue weighted by atomic mass is 35.5. The summed E-state index contributed by atoms with van der Waals surface area (Å²) in [4.78, 5) is 11.8. The first-order valence-corrected chi connectivity index (χ1v) is 7.76. The molecule has 2 aromatic rings. The summed E-state index contributed by atoms with van der Waals surface area (Å²) in [6.45, 7) is 0.124. The van der Waals surface area contributed by atoms with Crippen molar-refractivity contribution in [1.82, 2.24) is 5.32 Å². The van der Waals surface area contributed by atoms with E-state index in [1.807, 2.05) is 18.2 Å². The van der Waals surface area contributed by atoms with E-state index in [0.29, 0.717) is 27.4 Å². The number of hydrogen-bond donors (Lipinski definition) is 1. The Morgan fingerprint density at radius 2 is 1.64 bits per heavy atom. The van der Waals surface area contributed by atoms with Crippen LogP contribution in [0.2, 0.25) is 20.1 Å². The first-order chi connectivity index (χ1) is 10.5. The number of benzene rings is 2. The summed E-state index contributed by atoms with van der Waals surface area (Å²) >= 11 is 23.7. The zero-order valence-electron chi connectivity index (χ0n) is 11.2. The monoisotopic (exact) mass is 377 g/mol. The molecule has 0 saturated heterocycles. The van der Waals surface area contributed by atoms with Gasteiger partial charge in [-0.1, -0.05) is 64.6 Å². The third-order valence-corrected chi connectivity index (χ3v) is 4.15. The van der Waals surface area contributed by atoms with E-state index in [1.165, 1.54) is 12.1 Å². The van der Waals surface area contributed by atoms with E-state index in [1.54, 1.807) is 6.07 Å². The van der Waals surface area contributed by atoms with Gasteiger partial charge in [-0.25, -0.2) is 0 Å². The lowest BCUT2D eigenvalue weighted by molar-refractivity contribution is -0.123.